The average Bonchev–Trinajstić information content (AvgIpc) is 3.39. The van der Waals surface area contributed by atoms with Gasteiger partial charge in [0.15, 0.2) is 11.5 Å². The van der Waals surface area contributed by atoms with Crippen molar-refractivity contribution in [1.82, 2.24) is 25.2 Å². The highest BCUT2D eigenvalue weighted by molar-refractivity contribution is 5.93. The SMILES string of the molecule is NC(=O)c1cc(CC2CCN(C(=O)c3cc(-c4cccnc4)on3)CC2)[nH]n1. The number of carbonyl (C=O) groups is 2. The highest BCUT2D eigenvalue weighted by Gasteiger charge is 2.26. The number of piperidine rings is 1. The number of nitrogens with two attached hydrogens (primary N) is 1. The van der Waals surface area contributed by atoms with Crippen molar-refractivity contribution in [2.75, 3.05) is 13.1 Å². The number of amides is 2. The van der Waals surface area contributed by atoms with Crippen molar-refractivity contribution in [3.05, 3.63) is 53.7 Å². The smallest absolute Gasteiger partial charge is 0.276 e. The van der Waals surface area contributed by atoms with Crippen LogP contribution >= 0.6 is 0 Å². The molecule has 0 aromatic carbocycles. The lowest BCUT2D eigenvalue weighted by Crippen LogP contribution is -2.39. The monoisotopic (exact) mass is 380 g/mol. The molecule has 0 aliphatic carbocycles. The third-order valence-electron chi connectivity index (χ3n) is 4.97. The molecule has 0 radical (unpaired) electrons. The first-order valence-electron chi connectivity index (χ1n) is 9.10. The van der Waals surface area contributed by atoms with Gasteiger partial charge in [0, 0.05) is 42.8 Å². The van der Waals surface area contributed by atoms with E-state index in [1.54, 1.807) is 35.5 Å². The summed E-state index contributed by atoms with van der Waals surface area (Å²) in [6, 6.07) is 7.00. The molecule has 1 aliphatic heterocycles. The Morgan fingerprint density at radius 2 is 2.07 bits per heavy atom. The van der Waals surface area contributed by atoms with Crippen molar-refractivity contribution in [3.8, 4) is 11.3 Å². The maximum atomic E-state index is 12.7. The molecule has 28 heavy (non-hydrogen) atoms. The van der Waals surface area contributed by atoms with Gasteiger partial charge in [-0.3, -0.25) is 19.7 Å². The van der Waals surface area contributed by atoms with Crippen molar-refractivity contribution in [2.24, 2.45) is 11.7 Å². The molecule has 144 valence electrons. The normalized spacial score (nSPS) is 14.9. The first-order chi connectivity index (χ1) is 13.6. The van der Waals surface area contributed by atoms with Gasteiger partial charge in [0.05, 0.1) is 0 Å². The predicted molar refractivity (Wildman–Crippen MR) is 99.2 cm³/mol. The summed E-state index contributed by atoms with van der Waals surface area (Å²) >= 11 is 0. The Labute approximate surface area is 160 Å². The van der Waals surface area contributed by atoms with Crippen LogP contribution in [0.15, 0.2) is 41.2 Å². The highest BCUT2D eigenvalue weighted by atomic mass is 16.5. The second-order valence-corrected chi connectivity index (χ2v) is 6.90. The summed E-state index contributed by atoms with van der Waals surface area (Å²) in [5.41, 5.74) is 7.44. The molecule has 0 unspecified atom stereocenters. The first-order valence-corrected chi connectivity index (χ1v) is 9.10. The summed E-state index contributed by atoms with van der Waals surface area (Å²) in [5, 5.41) is 10.7. The minimum absolute atomic E-state index is 0.130. The molecule has 9 nitrogen and oxygen atoms in total. The number of H-pyrrole nitrogens is 1. The molecule has 3 N–H and O–H groups in total. The van der Waals surface area contributed by atoms with Crippen molar-refractivity contribution >= 4 is 11.8 Å². The van der Waals surface area contributed by atoms with E-state index in [9.17, 15) is 9.59 Å². The fourth-order valence-corrected chi connectivity index (χ4v) is 3.43. The van der Waals surface area contributed by atoms with E-state index in [2.05, 4.69) is 20.3 Å². The van der Waals surface area contributed by atoms with Crippen LogP contribution in [0.3, 0.4) is 0 Å². The first kappa shape index (κ1) is 17.9. The largest absolute Gasteiger partial charge is 0.364 e. The quantitative estimate of drug-likeness (QED) is 0.692. The summed E-state index contributed by atoms with van der Waals surface area (Å²) < 4.78 is 5.30. The second-order valence-electron chi connectivity index (χ2n) is 6.90. The summed E-state index contributed by atoms with van der Waals surface area (Å²) in [7, 11) is 0. The lowest BCUT2D eigenvalue weighted by molar-refractivity contribution is 0.0679. The molecule has 4 rings (SSSR count). The van der Waals surface area contributed by atoms with Crippen molar-refractivity contribution in [2.45, 2.75) is 19.3 Å². The zero-order valence-electron chi connectivity index (χ0n) is 15.2. The number of nitrogens with one attached hydrogen (secondary N) is 1. The second kappa shape index (κ2) is 7.63. The van der Waals surface area contributed by atoms with Gasteiger partial charge in [0.25, 0.3) is 11.8 Å². The van der Waals surface area contributed by atoms with Gasteiger partial charge in [-0.05, 0) is 43.4 Å². The zero-order chi connectivity index (χ0) is 19.5. The number of hydrogen-bond donors (Lipinski definition) is 2. The molecule has 4 heterocycles. The summed E-state index contributed by atoms with van der Waals surface area (Å²) in [6.07, 6.45) is 5.85. The van der Waals surface area contributed by atoms with E-state index in [1.807, 2.05) is 6.07 Å². The standard InChI is InChI=1S/C19H20N6O3/c20-18(26)15-9-14(22-23-15)8-12-3-6-25(7-4-12)19(27)16-10-17(28-24-16)13-2-1-5-21-11-13/h1-2,5,9-12H,3-4,6-8H2,(H2,20,26)(H,22,23). The maximum Gasteiger partial charge on any atom is 0.276 e. The fraction of sp³-hybridized carbons (Fsp3) is 0.316. The Morgan fingerprint density at radius 3 is 2.75 bits per heavy atom. The number of aromatic amines is 1. The Hall–Kier alpha value is -3.49. The van der Waals surface area contributed by atoms with Crippen molar-refractivity contribution in [3.63, 3.8) is 0 Å². The van der Waals surface area contributed by atoms with Gasteiger partial charge in [-0.1, -0.05) is 5.16 Å². The van der Waals surface area contributed by atoms with Crippen LogP contribution in [0.4, 0.5) is 0 Å². The van der Waals surface area contributed by atoms with Crippen LogP contribution in [-0.2, 0) is 6.42 Å². The zero-order valence-corrected chi connectivity index (χ0v) is 15.2. The number of rotatable bonds is 5. The van der Waals surface area contributed by atoms with Crippen LogP contribution in [0.5, 0.6) is 0 Å². The fourth-order valence-electron chi connectivity index (χ4n) is 3.43. The molecule has 3 aromatic heterocycles. The number of nitrogens with zero attached hydrogens (tertiary/aromatic N) is 4. The number of aromatic nitrogens is 4. The Balaban J connectivity index is 1.34. The van der Waals surface area contributed by atoms with Crippen LogP contribution in [0.1, 0.15) is 39.5 Å². The van der Waals surface area contributed by atoms with E-state index in [4.69, 9.17) is 10.3 Å². The average molecular weight is 380 g/mol. The Morgan fingerprint density at radius 1 is 1.25 bits per heavy atom. The van der Waals surface area contributed by atoms with Gasteiger partial charge in [0.2, 0.25) is 0 Å². The topological polar surface area (TPSA) is 131 Å². The molecule has 1 aliphatic rings. The summed E-state index contributed by atoms with van der Waals surface area (Å²) in [5.74, 6) is 0.264. The van der Waals surface area contributed by atoms with Crippen LogP contribution in [0.2, 0.25) is 0 Å². The van der Waals surface area contributed by atoms with Crippen molar-refractivity contribution in [1.29, 1.82) is 0 Å². The highest BCUT2D eigenvalue weighted by Crippen LogP contribution is 2.24. The summed E-state index contributed by atoms with van der Waals surface area (Å²) in [4.78, 5) is 29.7. The molecule has 0 spiro atoms. The number of carbonyl (C=O) groups excluding carboxylic acids is 2. The molecule has 2 amide bonds. The van der Waals surface area contributed by atoms with Crippen LogP contribution < -0.4 is 5.73 Å². The van der Waals surface area contributed by atoms with E-state index in [-0.39, 0.29) is 11.6 Å². The molecular formula is C19H20N6O3. The van der Waals surface area contributed by atoms with Gasteiger partial charge in [0.1, 0.15) is 5.69 Å². The number of likely N-dealkylation sites (tertiary alicyclic amines) is 1. The molecular weight excluding hydrogens is 360 g/mol. The molecule has 0 atom stereocenters. The lowest BCUT2D eigenvalue weighted by Gasteiger charge is -2.31. The molecule has 0 bridgehead atoms. The van der Waals surface area contributed by atoms with Crippen LogP contribution in [0.25, 0.3) is 11.3 Å². The molecule has 9 heteroatoms. The van der Waals surface area contributed by atoms with Gasteiger partial charge >= 0.3 is 0 Å². The third-order valence-corrected chi connectivity index (χ3v) is 4.97. The van der Waals surface area contributed by atoms with Crippen LogP contribution in [0, 0.1) is 5.92 Å². The van der Waals surface area contributed by atoms with Gasteiger partial charge < -0.3 is 15.2 Å². The Bertz CT molecular complexity index is 972. The van der Waals surface area contributed by atoms with Gasteiger partial charge in [-0.25, -0.2) is 0 Å². The number of hydrogen-bond acceptors (Lipinski definition) is 6. The van der Waals surface area contributed by atoms with E-state index in [0.29, 0.717) is 30.5 Å². The van der Waals surface area contributed by atoms with E-state index in [1.165, 1.54) is 0 Å². The minimum atomic E-state index is -0.541. The molecule has 0 saturated carbocycles. The van der Waals surface area contributed by atoms with Gasteiger partial charge in [-0.15, -0.1) is 0 Å². The Kier molecular flexibility index (Phi) is 4.88. The van der Waals surface area contributed by atoms with E-state index >= 15 is 0 Å². The predicted octanol–water partition coefficient (Wildman–Crippen LogP) is 1.65. The van der Waals surface area contributed by atoms with Crippen molar-refractivity contribution < 1.29 is 14.1 Å². The lowest BCUT2D eigenvalue weighted by atomic mass is 9.92. The number of primary amides is 1. The molecule has 3 aromatic rings. The third kappa shape index (κ3) is 3.78. The number of pyridine rings is 1. The van der Waals surface area contributed by atoms with Gasteiger partial charge in [-0.2, -0.15) is 5.10 Å². The molecule has 1 fully saturated rings. The van der Waals surface area contributed by atoms with Crippen LogP contribution in [-0.4, -0.2) is 50.1 Å². The van der Waals surface area contributed by atoms with E-state index < -0.39 is 5.91 Å². The molecule has 1 saturated heterocycles. The van der Waals surface area contributed by atoms with E-state index in [0.717, 1.165) is 30.5 Å². The summed E-state index contributed by atoms with van der Waals surface area (Å²) in [6.45, 7) is 1.30. The minimum Gasteiger partial charge on any atom is -0.364 e. The maximum absolute atomic E-state index is 12.7.